The third-order valence-corrected chi connectivity index (χ3v) is 2.37. The van der Waals surface area contributed by atoms with Gasteiger partial charge in [-0.2, -0.15) is 0 Å². The highest BCUT2D eigenvalue weighted by molar-refractivity contribution is 6.02. The van der Waals surface area contributed by atoms with Crippen molar-refractivity contribution in [2.75, 3.05) is 6.61 Å². The molecular formula is C14H18O4. The lowest BCUT2D eigenvalue weighted by Crippen LogP contribution is -2.36. The van der Waals surface area contributed by atoms with Crippen molar-refractivity contribution in [3.8, 4) is 5.75 Å². The second-order valence-electron chi connectivity index (χ2n) is 4.39. The largest absolute Gasteiger partial charge is 0.494 e. The molecule has 0 saturated heterocycles. The average molecular weight is 250 g/mol. The van der Waals surface area contributed by atoms with Crippen molar-refractivity contribution < 1.29 is 19.1 Å². The van der Waals surface area contributed by atoms with E-state index >= 15 is 0 Å². The number of hydrogen-bond acceptors (Lipinski definition) is 4. The van der Waals surface area contributed by atoms with Crippen molar-refractivity contribution >= 4 is 11.8 Å². The zero-order valence-electron chi connectivity index (χ0n) is 11.1. The summed E-state index contributed by atoms with van der Waals surface area (Å²) in [7, 11) is 0. The number of ketones is 1. The minimum atomic E-state index is -1.15. The summed E-state index contributed by atoms with van der Waals surface area (Å²) < 4.78 is 10.3. The van der Waals surface area contributed by atoms with Gasteiger partial charge in [-0.15, -0.1) is 0 Å². The van der Waals surface area contributed by atoms with Crippen LogP contribution in [-0.4, -0.2) is 24.0 Å². The first-order chi connectivity index (χ1) is 8.36. The molecule has 1 aromatic rings. The van der Waals surface area contributed by atoms with Gasteiger partial charge in [0.1, 0.15) is 5.75 Å². The molecule has 0 bridgehead atoms. The second-order valence-corrected chi connectivity index (χ2v) is 4.39. The summed E-state index contributed by atoms with van der Waals surface area (Å²) in [6.45, 7) is 6.91. The van der Waals surface area contributed by atoms with E-state index in [1.54, 1.807) is 38.1 Å². The van der Waals surface area contributed by atoms with E-state index in [0.29, 0.717) is 17.9 Å². The Labute approximate surface area is 107 Å². The van der Waals surface area contributed by atoms with Crippen LogP contribution in [-0.2, 0) is 9.53 Å². The van der Waals surface area contributed by atoms with Gasteiger partial charge in [0, 0.05) is 12.5 Å². The van der Waals surface area contributed by atoms with E-state index < -0.39 is 11.6 Å². The Kier molecular flexibility index (Phi) is 4.48. The quantitative estimate of drug-likeness (QED) is 0.595. The number of esters is 1. The lowest BCUT2D eigenvalue weighted by Gasteiger charge is -2.22. The third kappa shape index (κ3) is 3.58. The number of ether oxygens (including phenoxy) is 2. The van der Waals surface area contributed by atoms with Crippen molar-refractivity contribution in [3.63, 3.8) is 0 Å². The number of benzene rings is 1. The van der Waals surface area contributed by atoms with Crippen molar-refractivity contribution in [3.05, 3.63) is 29.8 Å². The van der Waals surface area contributed by atoms with Gasteiger partial charge in [0.25, 0.3) is 0 Å². The van der Waals surface area contributed by atoms with Gasteiger partial charge in [0.2, 0.25) is 5.78 Å². The maximum absolute atomic E-state index is 12.2. The van der Waals surface area contributed by atoms with Crippen LogP contribution in [0.15, 0.2) is 24.3 Å². The van der Waals surface area contributed by atoms with Gasteiger partial charge in [0.15, 0.2) is 5.60 Å². The molecule has 0 radical (unpaired) electrons. The summed E-state index contributed by atoms with van der Waals surface area (Å²) in [6, 6.07) is 6.78. The van der Waals surface area contributed by atoms with Gasteiger partial charge in [-0.3, -0.25) is 9.59 Å². The van der Waals surface area contributed by atoms with E-state index in [1.165, 1.54) is 6.92 Å². The number of rotatable bonds is 5. The molecule has 0 aliphatic heterocycles. The molecule has 0 amide bonds. The monoisotopic (exact) mass is 250 g/mol. The highest BCUT2D eigenvalue weighted by Gasteiger charge is 2.31. The second kappa shape index (κ2) is 5.67. The zero-order chi connectivity index (χ0) is 13.8. The molecule has 98 valence electrons. The fourth-order valence-corrected chi connectivity index (χ4v) is 1.62. The Morgan fingerprint density at radius 1 is 1.17 bits per heavy atom. The Morgan fingerprint density at radius 3 is 2.17 bits per heavy atom. The maximum atomic E-state index is 12.2. The molecule has 4 heteroatoms. The van der Waals surface area contributed by atoms with Crippen molar-refractivity contribution in [2.24, 2.45) is 0 Å². The summed E-state index contributed by atoms with van der Waals surface area (Å²) in [5.74, 6) is -0.000577. The van der Waals surface area contributed by atoms with Crippen LogP contribution in [0.4, 0.5) is 0 Å². The first-order valence-corrected chi connectivity index (χ1v) is 5.84. The van der Waals surface area contributed by atoms with E-state index in [-0.39, 0.29) is 5.78 Å². The van der Waals surface area contributed by atoms with E-state index in [1.807, 2.05) is 6.92 Å². The van der Waals surface area contributed by atoms with E-state index in [2.05, 4.69) is 0 Å². The lowest BCUT2D eigenvalue weighted by atomic mass is 9.96. The summed E-state index contributed by atoms with van der Waals surface area (Å²) >= 11 is 0. The van der Waals surface area contributed by atoms with E-state index in [4.69, 9.17) is 9.47 Å². The summed E-state index contributed by atoms with van der Waals surface area (Å²) in [5, 5.41) is 0. The van der Waals surface area contributed by atoms with Crippen LogP contribution >= 0.6 is 0 Å². The summed E-state index contributed by atoms with van der Waals surface area (Å²) in [4.78, 5) is 23.1. The van der Waals surface area contributed by atoms with Gasteiger partial charge in [-0.1, -0.05) is 0 Å². The molecule has 18 heavy (non-hydrogen) atoms. The molecule has 0 aliphatic rings. The number of carbonyl (C=O) groups excluding carboxylic acids is 2. The van der Waals surface area contributed by atoms with Crippen molar-refractivity contribution in [1.29, 1.82) is 0 Å². The Balaban J connectivity index is 2.86. The molecule has 0 aromatic heterocycles. The van der Waals surface area contributed by atoms with Gasteiger partial charge in [0.05, 0.1) is 6.61 Å². The molecule has 0 aliphatic carbocycles. The van der Waals surface area contributed by atoms with Crippen molar-refractivity contribution in [2.45, 2.75) is 33.3 Å². The summed E-state index contributed by atoms with van der Waals surface area (Å²) in [5.41, 5.74) is -0.663. The Morgan fingerprint density at radius 2 is 1.72 bits per heavy atom. The molecule has 0 saturated carbocycles. The van der Waals surface area contributed by atoms with E-state index in [9.17, 15) is 9.59 Å². The molecule has 1 rings (SSSR count). The molecule has 0 spiro atoms. The number of carbonyl (C=O) groups is 2. The third-order valence-electron chi connectivity index (χ3n) is 2.37. The molecular weight excluding hydrogens is 232 g/mol. The first-order valence-electron chi connectivity index (χ1n) is 5.84. The molecule has 1 aromatic carbocycles. The van der Waals surface area contributed by atoms with Crippen LogP contribution in [0.25, 0.3) is 0 Å². The molecule has 0 unspecified atom stereocenters. The zero-order valence-corrected chi connectivity index (χ0v) is 11.1. The van der Waals surface area contributed by atoms with Crippen LogP contribution < -0.4 is 4.74 Å². The fourth-order valence-electron chi connectivity index (χ4n) is 1.62. The van der Waals surface area contributed by atoms with Gasteiger partial charge in [-0.25, -0.2) is 0 Å². The van der Waals surface area contributed by atoms with Crippen LogP contribution in [0.1, 0.15) is 38.1 Å². The highest BCUT2D eigenvalue weighted by Crippen LogP contribution is 2.20. The van der Waals surface area contributed by atoms with Crippen LogP contribution in [0.5, 0.6) is 5.75 Å². The van der Waals surface area contributed by atoms with Gasteiger partial charge in [-0.05, 0) is 45.0 Å². The van der Waals surface area contributed by atoms with Crippen molar-refractivity contribution in [1.82, 2.24) is 0 Å². The first kappa shape index (κ1) is 14.2. The summed E-state index contributed by atoms with van der Waals surface area (Å²) in [6.07, 6.45) is 0. The maximum Gasteiger partial charge on any atom is 0.303 e. The topological polar surface area (TPSA) is 52.6 Å². The average Bonchev–Trinajstić information content (AvgIpc) is 2.28. The number of Topliss-reactive ketones (excluding diaryl/α,β-unsaturated/α-hetero) is 1. The predicted molar refractivity (Wildman–Crippen MR) is 67.8 cm³/mol. The Hall–Kier alpha value is -1.84. The van der Waals surface area contributed by atoms with Crippen LogP contribution in [0, 0.1) is 0 Å². The van der Waals surface area contributed by atoms with Crippen LogP contribution in [0.2, 0.25) is 0 Å². The minimum absolute atomic E-state index is 0.235. The minimum Gasteiger partial charge on any atom is -0.494 e. The normalized spacial score (nSPS) is 10.9. The Bertz CT molecular complexity index is 432. The lowest BCUT2D eigenvalue weighted by molar-refractivity contribution is -0.149. The highest BCUT2D eigenvalue weighted by atomic mass is 16.6. The predicted octanol–water partition coefficient (Wildman–Crippen LogP) is 2.61. The van der Waals surface area contributed by atoms with E-state index in [0.717, 1.165) is 0 Å². The fraction of sp³-hybridized carbons (Fsp3) is 0.429. The smallest absolute Gasteiger partial charge is 0.303 e. The molecule has 4 nitrogen and oxygen atoms in total. The molecule has 0 atom stereocenters. The molecule has 0 fully saturated rings. The standard InChI is InChI=1S/C14H18O4/c1-5-17-12-8-6-11(7-9-12)13(16)14(3,4)18-10(2)15/h6-9H,5H2,1-4H3. The SMILES string of the molecule is CCOc1ccc(C(=O)C(C)(C)OC(C)=O)cc1. The molecule has 0 heterocycles. The number of hydrogen-bond donors (Lipinski definition) is 0. The van der Waals surface area contributed by atoms with Gasteiger partial charge >= 0.3 is 5.97 Å². The molecule has 0 N–H and O–H groups in total. The van der Waals surface area contributed by atoms with Gasteiger partial charge < -0.3 is 9.47 Å². The van der Waals surface area contributed by atoms with Crippen LogP contribution in [0.3, 0.4) is 0 Å².